The van der Waals surface area contributed by atoms with Gasteiger partial charge >= 0.3 is 0 Å². The van der Waals surface area contributed by atoms with Crippen molar-refractivity contribution in [2.75, 3.05) is 11.9 Å². The molecule has 1 amide bonds. The van der Waals surface area contributed by atoms with Crippen LogP contribution >= 0.6 is 8.53 Å². The monoisotopic (exact) mass is 683 g/mol. The molecule has 1 N–H and O–H groups in total. The van der Waals surface area contributed by atoms with Gasteiger partial charge in [0.25, 0.3) is 14.4 Å². The first kappa shape index (κ1) is 37.0. The number of benzene rings is 1. The number of fused-ring (bicyclic) bond motifs is 1. The van der Waals surface area contributed by atoms with Crippen molar-refractivity contribution in [2.24, 2.45) is 0 Å². The zero-order valence-corrected chi connectivity index (χ0v) is 31.2. The summed E-state index contributed by atoms with van der Waals surface area (Å²) in [5.41, 5.74) is 1.46. The molecule has 12 nitrogen and oxygen atoms in total. The molecular weight excluding hydrogens is 633 g/mol. The molecule has 2 unspecified atom stereocenters. The topological polar surface area (TPSA) is 137 Å². The van der Waals surface area contributed by atoms with Crippen LogP contribution in [-0.4, -0.2) is 75.4 Å². The molecule has 3 aromatic rings. The fourth-order valence-electron chi connectivity index (χ4n) is 5.33. The van der Waals surface area contributed by atoms with Gasteiger partial charge in [-0.15, -0.1) is 0 Å². The van der Waals surface area contributed by atoms with Gasteiger partial charge in [-0.1, -0.05) is 45.9 Å². The molecule has 1 aliphatic rings. The van der Waals surface area contributed by atoms with Gasteiger partial charge in [-0.2, -0.15) is 5.26 Å². The summed E-state index contributed by atoms with van der Waals surface area (Å²) in [4.78, 5) is 26.6. The van der Waals surface area contributed by atoms with Crippen LogP contribution in [0.4, 0.5) is 5.82 Å². The predicted molar refractivity (Wildman–Crippen MR) is 186 cm³/mol. The maximum atomic E-state index is 13.0. The summed E-state index contributed by atoms with van der Waals surface area (Å²) >= 11 is 0. The van der Waals surface area contributed by atoms with Crippen LogP contribution in [0.2, 0.25) is 18.1 Å². The minimum Gasteiger partial charge on any atom is -0.407 e. The minimum atomic E-state index is -2.37. The molecule has 0 bridgehead atoms. The number of imidazole rings is 1. The molecule has 1 aromatic carbocycles. The molecule has 1 fully saturated rings. The van der Waals surface area contributed by atoms with Gasteiger partial charge in [-0.25, -0.2) is 19.6 Å². The Morgan fingerprint density at radius 1 is 1.13 bits per heavy atom. The van der Waals surface area contributed by atoms with Crippen molar-refractivity contribution < 1.29 is 23.0 Å². The molecule has 5 atom stereocenters. The molecule has 3 heterocycles. The highest BCUT2D eigenvalue weighted by Crippen LogP contribution is 2.52. The number of hydrogen-bond donors (Lipinski definition) is 1. The van der Waals surface area contributed by atoms with Crippen molar-refractivity contribution in [3.05, 3.63) is 48.5 Å². The Morgan fingerprint density at radius 2 is 1.81 bits per heavy atom. The first-order valence-corrected chi connectivity index (χ1v) is 20.4. The molecule has 256 valence electrons. The molecule has 1 aliphatic heterocycles. The Bertz CT molecular complexity index is 1520. The van der Waals surface area contributed by atoms with E-state index in [2.05, 4.69) is 99.5 Å². The lowest BCUT2D eigenvalue weighted by atomic mass is 10.1. The van der Waals surface area contributed by atoms with Gasteiger partial charge in [0.05, 0.1) is 31.5 Å². The van der Waals surface area contributed by atoms with Gasteiger partial charge in [-0.3, -0.25) is 9.36 Å². The lowest BCUT2D eigenvalue weighted by Gasteiger charge is -2.42. The summed E-state index contributed by atoms with van der Waals surface area (Å²) in [5.74, 6) is 0.0155. The van der Waals surface area contributed by atoms with Gasteiger partial charge in [0, 0.05) is 17.6 Å². The lowest BCUT2D eigenvalue weighted by Crippen LogP contribution is -2.49. The first-order chi connectivity index (χ1) is 22.2. The zero-order chi connectivity index (χ0) is 34.5. The summed E-state index contributed by atoms with van der Waals surface area (Å²) in [7, 11) is -3.94. The summed E-state index contributed by atoms with van der Waals surface area (Å²) in [5, 5.41) is 12.0. The van der Waals surface area contributed by atoms with Crippen LogP contribution in [-0.2, 0) is 18.2 Å². The van der Waals surface area contributed by atoms with E-state index in [0.717, 1.165) is 0 Å². The normalized spacial score (nSPS) is 21.1. The van der Waals surface area contributed by atoms with Gasteiger partial charge in [-0.05, 0) is 64.4 Å². The fourth-order valence-corrected chi connectivity index (χ4v) is 8.38. The van der Waals surface area contributed by atoms with Crippen LogP contribution in [0.25, 0.3) is 11.2 Å². The van der Waals surface area contributed by atoms with Crippen LogP contribution < -0.4 is 5.32 Å². The first-order valence-electron chi connectivity index (χ1n) is 16.3. The third-order valence-electron chi connectivity index (χ3n) is 8.70. The number of nitrogens with zero attached hydrogens (tertiary/aromatic N) is 6. The van der Waals surface area contributed by atoms with Gasteiger partial charge in [0.1, 0.15) is 18.5 Å². The summed E-state index contributed by atoms with van der Waals surface area (Å²) in [6.45, 7) is 21.8. The van der Waals surface area contributed by atoms with Gasteiger partial charge in [0.15, 0.2) is 31.5 Å². The summed E-state index contributed by atoms with van der Waals surface area (Å²) in [6.07, 6.45) is 2.06. The van der Waals surface area contributed by atoms with E-state index in [1.807, 2.05) is 22.8 Å². The summed E-state index contributed by atoms with van der Waals surface area (Å²) in [6, 6.07) is 11.4. The molecule has 0 spiro atoms. The SMILES string of the molecule is CC[C@H]1OC(n2cnc3c(NC(=O)c4ccccc4)ncnc32)[C@H](O[Si](C)(C)C(C)(C)C)[C@@H]1OP(OCCC#N)N(C(C)C)C(C)C. The van der Waals surface area contributed by atoms with E-state index in [1.165, 1.54) is 6.33 Å². The number of rotatable bonds is 14. The van der Waals surface area contributed by atoms with Crippen molar-refractivity contribution in [1.82, 2.24) is 24.2 Å². The Morgan fingerprint density at radius 3 is 2.40 bits per heavy atom. The van der Waals surface area contributed by atoms with E-state index >= 15 is 0 Å². The maximum absolute atomic E-state index is 13.0. The zero-order valence-electron chi connectivity index (χ0n) is 29.3. The van der Waals surface area contributed by atoms with Crippen LogP contribution in [0.1, 0.15) is 84.8 Å². The second kappa shape index (κ2) is 15.6. The Balaban J connectivity index is 1.76. The second-order valence-corrected chi connectivity index (χ2v) is 20.0. The number of carbonyl (C=O) groups is 1. The second-order valence-electron chi connectivity index (χ2n) is 13.8. The maximum Gasteiger partial charge on any atom is 0.259 e. The number of hydrogen-bond acceptors (Lipinski definition) is 10. The predicted octanol–water partition coefficient (Wildman–Crippen LogP) is 7.44. The van der Waals surface area contributed by atoms with Crippen molar-refractivity contribution in [2.45, 2.75) is 123 Å². The highest BCUT2D eigenvalue weighted by Gasteiger charge is 2.53. The Kier molecular flexibility index (Phi) is 12.3. The van der Waals surface area contributed by atoms with E-state index in [-0.39, 0.29) is 42.2 Å². The van der Waals surface area contributed by atoms with Crippen molar-refractivity contribution in [1.29, 1.82) is 5.26 Å². The van der Waals surface area contributed by atoms with Crippen molar-refractivity contribution >= 4 is 39.7 Å². The van der Waals surface area contributed by atoms with Crippen molar-refractivity contribution in [3.8, 4) is 6.07 Å². The third kappa shape index (κ3) is 8.43. The number of nitrogens with one attached hydrogen (secondary N) is 1. The number of carbonyl (C=O) groups excluding carboxylic acids is 1. The fraction of sp³-hybridized carbons (Fsp3) is 0.606. The molecule has 0 saturated carbocycles. The molecule has 47 heavy (non-hydrogen) atoms. The number of nitriles is 1. The van der Waals surface area contributed by atoms with Crippen molar-refractivity contribution in [3.63, 3.8) is 0 Å². The smallest absolute Gasteiger partial charge is 0.259 e. The molecule has 1 saturated heterocycles. The average molecular weight is 684 g/mol. The molecule has 4 rings (SSSR count). The van der Waals surface area contributed by atoms with Crippen LogP contribution in [0.3, 0.4) is 0 Å². The summed E-state index contributed by atoms with van der Waals surface area (Å²) < 4.78 is 31.4. The molecule has 2 aromatic heterocycles. The van der Waals surface area contributed by atoms with Gasteiger partial charge in [0.2, 0.25) is 0 Å². The average Bonchev–Trinajstić information content (AvgIpc) is 3.58. The molecule has 0 aliphatic carbocycles. The lowest BCUT2D eigenvalue weighted by molar-refractivity contribution is -0.0324. The number of anilines is 1. The van der Waals surface area contributed by atoms with E-state index in [1.54, 1.807) is 18.5 Å². The van der Waals surface area contributed by atoms with E-state index in [0.29, 0.717) is 29.0 Å². The van der Waals surface area contributed by atoms with Gasteiger partial charge < -0.3 is 23.5 Å². The quantitative estimate of drug-likeness (QED) is 0.104. The largest absolute Gasteiger partial charge is 0.407 e. The van der Waals surface area contributed by atoms with E-state index in [9.17, 15) is 10.1 Å². The standard InChI is InChI=1S/C33H50N7O5PSi/c1-11-25-27(44-46(42-19-15-18-34)40(22(2)3)23(4)5)28(45-47(9,10)33(6,7)8)32(43-25)39-21-37-26-29(35-20-36-30(26)39)38-31(41)24-16-13-12-14-17-24/h12-14,16-17,20-23,25,27-28,32H,11,15,19H2,1-10H3,(H,35,36,38,41)/t25-,27-,28-,32?,46?/m1/s1. The van der Waals surface area contributed by atoms with E-state index in [4.69, 9.17) is 18.2 Å². The highest BCUT2D eigenvalue weighted by molar-refractivity contribution is 7.44. The minimum absolute atomic E-state index is 0.0869. The Labute approximate surface area is 281 Å². The number of aromatic nitrogens is 4. The highest BCUT2D eigenvalue weighted by atomic mass is 31.2. The number of ether oxygens (including phenoxy) is 1. The van der Waals surface area contributed by atoms with Crippen LogP contribution in [0.5, 0.6) is 0 Å². The molecular formula is C33H50N7O5PSi. The third-order valence-corrected chi connectivity index (χ3v) is 15.3. The number of amides is 1. The molecule has 0 radical (unpaired) electrons. The van der Waals surface area contributed by atoms with Crippen LogP contribution in [0.15, 0.2) is 43.0 Å². The van der Waals surface area contributed by atoms with Crippen LogP contribution in [0, 0.1) is 11.3 Å². The molecule has 14 heteroatoms. The Hall–Kier alpha value is -2.82. The van der Waals surface area contributed by atoms with E-state index < -0.39 is 35.3 Å².